The van der Waals surface area contributed by atoms with Crippen molar-refractivity contribution < 1.29 is 19.1 Å². The minimum atomic E-state index is -0.563. The molecule has 0 radical (unpaired) electrons. The summed E-state index contributed by atoms with van der Waals surface area (Å²) >= 11 is 0. The Morgan fingerprint density at radius 3 is 2.21 bits per heavy atom. The summed E-state index contributed by atoms with van der Waals surface area (Å²) in [6.07, 6.45) is 0. The number of rotatable bonds is 6. The minimum absolute atomic E-state index is 0.253. The minimum Gasteiger partial charge on any atom is -0.484 e. The van der Waals surface area contributed by atoms with Crippen molar-refractivity contribution in [2.45, 2.75) is 0 Å². The van der Waals surface area contributed by atoms with Crippen molar-refractivity contribution in [3.05, 3.63) is 72.3 Å². The largest absolute Gasteiger partial charge is 0.484 e. The lowest BCUT2D eigenvalue weighted by molar-refractivity contribution is -0.131. The van der Waals surface area contributed by atoms with E-state index in [1.165, 1.54) is 0 Å². The first-order valence-electron chi connectivity index (χ1n) is 8.47. The molecule has 0 aliphatic carbocycles. The Bertz CT molecular complexity index is 1040. The van der Waals surface area contributed by atoms with Gasteiger partial charge >= 0.3 is 0 Å². The van der Waals surface area contributed by atoms with E-state index in [1.807, 2.05) is 42.5 Å². The number of amides is 2. The second kappa shape index (κ2) is 9.05. The smallest absolute Gasteiger partial charge is 0.276 e. The number of nitrogens with one attached hydrogen (secondary N) is 2. The van der Waals surface area contributed by atoms with Crippen LogP contribution in [0.4, 0.5) is 0 Å². The highest BCUT2D eigenvalue weighted by Crippen LogP contribution is 2.20. The number of para-hydroxylation sites is 1. The normalized spacial score (nSPS) is 9.96. The molecule has 7 nitrogen and oxygen atoms in total. The second-order valence-corrected chi connectivity index (χ2v) is 5.79. The highest BCUT2D eigenvalue weighted by molar-refractivity contribution is 5.85. The topological polar surface area (TPSA) is 100 Å². The summed E-state index contributed by atoms with van der Waals surface area (Å²) in [5, 5.41) is 11.0. The second-order valence-electron chi connectivity index (χ2n) is 5.79. The number of fused-ring (bicyclic) bond motifs is 1. The molecule has 0 aliphatic rings. The summed E-state index contributed by atoms with van der Waals surface area (Å²) in [5.74, 6) is -0.228. The molecule has 3 rings (SSSR count). The van der Waals surface area contributed by atoms with E-state index in [2.05, 4.69) is 10.9 Å². The molecule has 28 heavy (non-hydrogen) atoms. The van der Waals surface area contributed by atoms with Crippen molar-refractivity contribution in [1.29, 1.82) is 5.26 Å². The van der Waals surface area contributed by atoms with Gasteiger partial charge in [0.05, 0.1) is 5.56 Å². The Labute approximate surface area is 161 Å². The zero-order chi connectivity index (χ0) is 19.8. The summed E-state index contributed by atoms with van der Waals surface area (Å²) in [7, 11) is 0. The van der Waals surface area contributed by atoms with Crippen LogP contribution in [-0.2, 0) is 9.59 Å². The fourth-order valence-corrected chi connectivity index (χ4v) is 2.45. The fraction of sp³-hybridized carbons (Fsp3) is 0.0952. The Hall–Kier alpha value is -4.05. The number of nitrogens with zero attached hydrogens (tertiary/aromatic N) is 1. The zero-order valence-electron chi connectivity index (χ0n) is 14.8. The highest BCUT2D eigenvalue weighted by Gasteiger charge is 2.08. The first-order valence-corrected chi connectivity index (χ1v) is 8.47. The lowest BCUT2D eigenvalue weighted by Gasteiger charge is -2.10. The maximum atomic E-state index is 11.8. The van der Waals surface area contributed by atoms with Gasteiger partial charge in [0.1, 0.15) is 17.6 Å². The Morgan fingerprint density at radius 1 is 0.821 bits per heavy atom. The maximum absolute atomic E-state index is 11.8. The van der Waals surface area contributed by atoms with Crippen LogP contribution < -0.4 is 20.3 Å². The van der Waals surface area contributed by atoms with Gasteiger partial charge in [-0.3, -0.25) is 20.4 Å². The third-order valence-corrected chi connectivity index (χ3v) is 3.80. The molecule has 0 fully saturated rings. The highest BCUT2D eigenvalue weighted by atomic mass is 16.5. The van der Waals surface area contributed by atoms with Crippen LogP contribution in [0, 0.1) is 11.3 Å². The van der Waals surface area contributed by atoms with Gasteiger partial charge in [-0.25, -0.2) is 0 Å². The monoisotopic (exact) mass is 375 g/mol. The Kier molecular flexibility index (Phi) is 6.06. The van der Waals surface area contributed by atoms with Crippen LogP contribution in [-0.4, -0.2) is 25.0 Å². The van der Waals surface area contributed by atoms with Gasteiger partial charge in [-0.15, -0.1) is 0 Å². The molecule has 0 spiro atoms. The van der Waals surface area contributed by atoms with Crippen molar-refractivity contribution in [3.8, 4) is 17.6 Å². The number of carbonyl (C=O) groups excluding carboxylic acids is 2. The number of carbonyl (C=O) groups is 2. The summed E-state index contributed by atoms with van der Waals surface area (Å²) in [4.78, 5) is 23.6. The molecular formula is C21H17N3O4. The average molecular weight is 375 g/mol. The molecule has 2 amide bonds. The quantitative estimate of drug-likeness (QED) is 0.644. The standard InChI is InChI=1S/C21H17N3O4/c22-12-17-7-3-4-8-19(17)28-14-21(26)24-23-20(25)13-27-18-10-9-15-5-1-2-6-16(15)11-18/h1-11H,13-14H2,(H,23,25)(H,24,26). The van der Waals surface area contributed by atoms with Crippen LogP contribution in [0.5, 0.6) is 11.5 Å². The van der Waals surface area contributed by atoms with Gasteiger partial charge in [0.2, 0.25) is 0 Å². The molecule has 3 aromatic rings. The third-order valence-electron chi connectivity index (χ3n) is 3.80. The lowest BCUT2D eigenvalue weighted by Crippen LogP contribution is -2.45. The fourth-order valence-electron chi connectivity index (χ4n) is 2.45. The molecule has 0 aromatic heterocycles. The molecule has 0 heterocycles. The molecule has 0 saturated heterocycles. The summed E-state index contributed by atoms with van der Waals surface area (Å²) < 4.78 is 10.7. The van der Waals surface area contributed by atoms with E-state index in [1.54, 1.807) is 30.3 Å². The van der Waals surface area contributed by atoms with Crippen LogP contribution in [0.3, 0.4) is 0 Å². The number of ether oxygens (including phenoxy) is 2. The van der Waals surface area contributed by atoms with Crippen molar-refractivity contribution in [3.63, 3.8) is 0 Å². The molecule has 0 atom stereocenters. The third kappa shape index (κ3) is 4.99. The van der Waals surface area contributed by atoms with E-state index < -0.39 is 11.8 Å². The summed E-state index contributed by atoms with van der Waals surface area (Å²) in [5.41, 5.74) is 4.80. The van der Waals surface area contributed by atoms with E-state index in [-0.39, 0.29) is 13.2 Å². The molecule has 0 aliphatic heterocycles. The number of hydrogen-bond acceptors (Lipinski definition) is 5. The van der Waals surface area contributed by atoms with E-state index in [0.29, 0.717) is 17.1 Å². The van der Waals surface area contributed by atoms with Crippen molar-refractivity contribution >= 4 is 22.6 Å². The van der Waals surface area contributed by atoms with Gasteiger partial charge in [-0.2, -0.15) is 5.26 Å². The molecule has 0 saturated carbocycles. The summed E-state index contributed by atoms with van der Waals surface area (Å²) in [6.45, 7) is -0.596. The van der Waals surface area contributed by atoms with E-state index in [4.69, 9.17) is 14.7 Å². The van der Waals surface area contributed by atoms with Crippen molar-refractivity contribution in [2.75, 3.05) is 13.2 Å². The van der Waals surface area contributed by atoms with Gasteiger partial charge in [0.25, 0.3) is 11.8 Å². The lowest BCUT2D eigenvalue weighted by atomic mass is 10.1. The first-order chi connectivity index (χ1) is 13.7. The number of hydrogen-bond donors (Lipinski definition) is 2. The zero-order valence-corrected chi connectivity index (χ0v) is 14.8. The molecule has 0 unspecified atom stereocenters. The van der Waals surface area contributed by atoms with Crippen LogP contribution in [0.2, 0.25) is 0 Å². The molecule has 140 valence electrons. The number of hydrazine groups is 1. The van der Waals surface area contributed by atoms with Gasteiger partial charge in [-0.05, 0) is 35.0 Å². The maximum Gasteiger partial charge on any atom is 0.276 e. The number of nitriles is 1. The van der Waals surface area contributed by atoms with Gasteiger partial charge in [0, 0.05) is 0 Å². The molecule has 3 aromatic carbocycles. The van der Waals surface area contributed by atoms with Crippen LogP contribution >= 0.6 is 0 Å². The predicted molar refractivity (Wildman–Crippen MR) is 102 cm³/mol. The molecule has 2 N–H and O–H groups in total. The predicted octanol–water partition coefficient (Wildman–Crippen LogP) is 2.32. The first kappa shape index (κ1) is 18.7. The number of benzene rings is 3. The van der Waals surface area contributed by atoms with Crippen LogP contribution in [0.1, 0.15) is 5.56 Å². The van der Waals surface area contributed by atoms with Crippen molar-refractivity contribution in [1.82, 2.24) is 10.9 Å². The van der Waals surface area contributed by atoms with Gasteiger partial charge in [-0.1, -0.05) is 42.5 Å². The van der Waals surface area contributed by atoms with Gasteiger partial charge in [0.15, 0.2) is 13.2 Å². The van der Waals surface area contributed by atoms with E-state index >= 15 is 0 Å². The SMILES string of the molecule is N#Cc1ccccc1OCC(=O)NNC(=O)COc1ccc2ccccc2c1. The van der Waals surface area contributed by atoms with Gasteiger partial charge < -0.3 is 9.47 Å². The molecule has 0 bridgehead atoms. The Morgan fingerprint density at radius 2 is 1.46 bits per heavy atom. The summed E-state index contributed by atoms with van der Waals surface area (Å²) in [6, 6.07) is 21.8. The van der Waals surface area contributed by atoms with Crippen LogP contribution in [0.15, 0.2) is 66.7 Å². The van der Waals surface area contributed by atoms with E-state index in [0.717, 1.165) is 10.8 Å². The van der Waals surface area contributed by atoms with Crippen molar-refractivity contribution in [2.24, 2.45) is 0 Å². The van der Waals surface area contributed by atoms with Crippen LogP contribution in [0.25, 0.3) is 10.8 Å². The molecule has 7 heteroatoms. The Balaban J connectivity index is 1.42. The molecular weight excluding hydrogens is 358 g/mol. The average Bonchev–Trinajstić information content (AvgIpc) is 2.74. The van der Waals surface area contributed by atoms with E-state index in [9.17, 15) is 9.59 Å².